The summed E-state index contributed by atoms with van der Waals surface area (Å²) in [7, 11) is -3.08. The Kier molecular flexibility index (Phi) is 4.32. The van der Waals surface area contributed by atoms with Gasteiger partial charge in [0.2, 0.25) is 10.0 Å². The molecule has 1 saturated heterocycles. The van der Waals surface area contributed by atoms with Crippen LogP contribution in [0, 0.1) is 6.92 Å². The van der Waals surface area contributed by atoms with Crippen molar-refractivity contribution in [2.75, 3.05) is 43.6 Å². The molecule has 0 N–H and O–H groups in total. The molecule has 106 valence electrons. The van der Waals surface area contributed by atoms with Crippen LogP contribution in [-0.4, -0.2) is 61.4 Å². The van der Waals surface area contributed by atoms with Crippen molar-refractivity contribution in [3.8, 4) is 0 Å². The van der Waals surface area contributed by atoms with E-state index in [2.05, 4.69) is 14.9 Å². The Labute approximate surface area is 118 Å². The smallest absolute Gasteiger partial charge is 0.211 e. The highest BCUT2D eigenvalue weighted by Gasteiger charge is 2.24. The molecular formula is C11H18N4O2S2. The molecule has 2 rings (SSSR count). The van der Waals surface area contributed by atoms with E-state index in [1.165, 1.54) is 22.3 Å². The van der Waals surface area contributed by atoms with E-state index in [0.29, 0.717) is 26.2 Å². The molecule has 0 aromatic carbocycles. The number of thioether (sulfide) groups is 1. The van der Waals surface area contributed by atoms with Crippen molar-refractivity contribution < 1.29 is 8.42 Å². The van der Waals surface area contributed by atoms with Crippen molar-refractivity contribution in [3.63, 3.8) is 0 Å². The number of aromatic nitrogens is 2. The third-order valence-electron chi connectivity index (χ3n) is 3.03. The number of piperazine rings is 1. The van der Waals surface area contributed by atoms with Gasteiger partial charge < -0.3 is 4.90 Å². The molecule has 0 spiro atoms. The Hall–Kier alpha value is -0.860. The van der Waals surface area contributed by atoms with E-state index in [9.17, 15) is 8.42 Å². The van der Waals surface area contributed by atoms with Crippen LogP contribution < -0.4 is 4.90 Å². The maximum atomic E-state index is 11.5. The topological polar surface area (TPSA) is 66.4 Å². The average molecular weight is 302 g/mol. The second kappa shape index (κ2) is 5.64. The van der Waals surface area contributed by atoms with Gasteiger partial charge in [0.05, 0.1) is 6.26 Å². The lowest BCUT2D eigenvalue weighted by molar-refractivity contribution is 0.386. The van der Waals surface area contributed by atoms with Gasteiger partial charge in [0.25, 0.3) is 0 Å². The molecular weight excluding hydrogens is 284 g/mol. The molecule has 0 radical (unpaired) electrons. The highest BCUT2D eigenvalue weighted by Crippen LogP contribution is 2.19. The Morgan fingerprint density at radius 2 is 1.84 bits per heavy atom. The zero-order valence-corrected chi connectivity index (χ0v) is 13.0. The van der Waals surface area contributed by atoms with Crippen molar-refractivity contribution in [1.82, 2.24) is 14.3 Å². The van der Waals surface area contributed by atoms with Gasteiger partial charge in [-0.3, -0.25) is 0 Å². The summed E-state index contributed by atoms with van der Waals surface area (Å²) < 4.78 is 24.4. The van der Waals surface area contributed by atoms with Gasteiger partial charge in [-0.05, 0) is 13.2 Å². The molecule has 8 heteroatoms. The molecule has 0 unspecified atom stereocenters. The van der Waals surface area contributed by atoms with E-state index >= 15 is 0 Å². The number of hydrogen-bond acceptors (Lipinski definition) is 6. The van der Waals surface area contributed by atoms with E-state index in [4.69, 9.17) is 0 Å². The average Bonchev–Trinajstić information content (AvgIpc) is 2.37. The van der Waals surface area contributed by atoms with Crippen LogP contribution >= 0.6 is 11.8 Å². The van der Waals surface area contributed by atoms with Crippen molar-refractivity contribution in [2.24, 2.45) is 0 Å². The van der Waals surface area contributed by atoms with Gasteiger partial charge in [-0.1, -0.05) is 11.8 Å². The predicted molar refractivity (Wildman–Crippen MR) is 77.2 cm³/mol. The first-order chi connectivity index (χ1) is 8.90. The summed E-state index contributed by atoms with van der Waals surface area (Å²) in [5.74, 6) is 0.880. The summed E-state index contributed by atoms with van der Waals surface area (Å²) in [6.45, 7) is 4.29. The van der Waals surface area contributed by atoms with Gasteiger partial charge in [-0.2, -0.15) is 4.31 Å². The zero-order valence-electron chi connectivity index (χ0n) is 11.3. The summed E-state index contributed by atoms with van der Waals surface area (Å²) in [5, 5.41) is 0.751. The van der Waals surface area contributed by atoms with Gasteiger partial charge in [-0.15, -0.1) is 0 Å². The molecule has 1 aliphatic rings. The van der Waals surface area contributed by atoms with Crippen molar-refractivity contribution in [2.45, 2.75) is 12.1 Å². The van der Waals surface area contributed by atoms with Crippen molar-refractivity contribution in [3.05, 3.63) is 11.8 Å². The van der Waals surface area contributed by atoms with E-state index < -0.39 is 10.0 Å². The highest BCUT2D eigenvalue weighted by molar-refractivity contribution is 7.98. The quantitative estimate of drug-likeness (QED) is 0.601. The van der Waals surface area contributed by atoms with Crippen LogP contribution in [0.3, 0.4) is 0 Å². The van der Waals surface area contributed by atoms with Gasteiger partial charge in [-0.25, -0.2) is 18.4 Å². The molecule has 2 heterocycles. The molecule has 1 aromatic heterocycles. The lowest BCUT2D eigenvalue weighted by Gasteiger charge is -2.34. The van der Waals surface area contributed by atoms with E-state index in [0.717, 1.165) is 16.7 Å². The van der Waals surface area contributed by atoms with Crippen LogP contribution in [0.4, 0.5) is 5.82 Å². The fourth-order valence-corrected chi connectivity index (χ4v) is 3.27. The lowest BCUT2D eigenvalue weighted by Crippen LogP contribution is -2.48. The second-order valence-corrected chi connectivity index (χ2v) is 7.26. The Balaban J connectivity index is 2.11. The van der Waals surface area contributed by atoms with Gasteiger partial charge in [0, 0.05) is 37.9 Å². The highest BCUT2D eigenvalue weighted by atomic mass is 32.2. The maximum Gasteiger partial charge on any atom is 0.211 e. The number of aryl methyl sites for hydroxylation is 1. The third-order valence-corrected chi connectivity index (χ3v) is 4.89. The first-order valence-corrected chi connectivity index (χ1v) is 9.07. The lowest BCUT2D eigenvalue weighted by atomic mass is 10.3. The molecule has 0 aliphatic carbocycles. The van der Waals surface area contributed by atoms with Crippen LogP contribution in [0.5, 0.6) is 0 Å². The molecule has 0 atom stereocenters. The Bertz CT molecular complexity index is 554. The molecule has 1 aliphatic heterocycles. The molecule has 1 aromatic rings. The molecule has 1 fully saturated rings. The molecule has 19 heavy (non-hydrogen) atoms. The number of hydrogen-bond donors (Lipinski definition) is 0. The third kappa shape index (κ3) is 3.58. The zero-order chi connectivity index (χ0) is 14.0. The fraction of sp³-hybridized carbons (Fsp3) is 0.636. The van der Waals surface area contributed by atoms with Crippen LogP contribution in [0.1, 0.15) is 5.69 Å². The summed E-state index contributed by atoms with van der Waals surface area (Å²) in [4.78, 5) is 10.9. The summed E-state index contributed by atoms with van der Waals surface area (Å²) in [6, 6.07) is 1.94. The van der Waals surface area contributed by atoms with Gasteiger partial charge in [0.1, 0.15) is 5.82 Å². The van der Waals surface area contributed by atoms with E-state index in [1.54, 1.807) is 0 Å². The number of rotatable bonds is 3. The van der Waals surface area contributed by atoms with E-state index in [1.807, 2.05) is 19.2 Å². The first kappa shape index (κ1) is 14.5. The Morgan fingerprint density at radius 3 is 2.37 bits per heavy atom. The summed E-state index contributed by atoms with van der Waals surface area (Å²) in [5.41, 5.74) is 0.930. The number of sulfonamides is 1. The van der Waals surface area contributed by atoms with Crippen LogP contribution in [0.15, 0.2) is 11.2 Å². The van der Waals surface area contributed by atoms with Crippen molar-refractivity contribution >= 4 is 27.6 Å². The fourth-order valence-electron chi connectivity index (χ4n) is 2.03. The van der Waals surface area contributed by atoms with E-state index in [-0.39, 0.29) is 0 Å². The minimum absolute atomic E-state index is 0.510. The molecule has 0 amide bonds. The van der Waals surface area contributed by atoms with Crippen molar-refractivity contribution in [1.29, 1.82) is 0 Å². The van der Waals surface area contributed by atoms with Crippen LogP contribution in [0.25, 0.3) is 0 Å². The number of nitrogens with zero attached hydrogens (tertiary/aromatic N) is 4. The standard InChI is InChI=1S/C11H18N4O2S2/c1-9-8-10(13-11(12-9)18-2)14-4-6-15(7-5-14)19(3,16)17/h8H,4-7H2,1-3H3. The number of anilines is 1. The second-order valence-electron chi connectivity index (χ2n) is 4.50. The minimum atomic E-state index is -3.08. The van der Waals surface area contributed by atoms with Crippen LogP contribution in [-0.2, 0) is 10.0 Å². The monoisotopic (exact) mass is 302 g/mol. The first-order valence-electron chi connectivity index (χ1n) is 6.00. The molecule has 0 bridgehead atoms. The SMILES string of the molecule is CSc1nc(C)cc(N2CCN(S(C)(=O)=O)CC2)n1. The van der Waals surface area contributed by atoms with Gasteiger partial charge >= 0.3 is 0 Å². The van der Waals surface area contributed by atoms with Gasteiger partial charge in [0.15, 0.2) is 5.16 Å². The molecule has 0 saturated carbocycles. The predicted octanol–water partition coefficient (Wildman–Crippen LogP) is 0.589. The minimum Gasteiger partial charge on any atom is -0.354 e. The maximum absolute atomic E-state index is 11.5. The normalized spacial score (nSPS) is 17.7. The summed E-state index contributed by atoms with van der Waals surface area (Å²) >= 11 is 1.51. The molecule has 6 nitrogen and oxygen atoms in total. The Morgan fingerprint density at radius 1 is 1.21 bits per heavy atom. The van der Waals surface area contributed by atoms with Crippen LogP contribution in [0.2, 0.25) is 0 Å². The summed E-state index contributed by atoms with van der Waals surface area (Å²) in [6.07, 6.45) is 3.20. The largest absolute Gasteiger partial charge is 0.354 e.